The quantitative estimate of drug-likeness (QED) is 0.748. The fourth-order valence-electron chi connectivity index (χ4n) is 3.62. The number of anilines is 1. The summed E-state index contributed by atoms with van der Waals surface area (Å²) >= 11 is 0. The topological polar surface area (TPSA) is 67.7 Å². The minimum atomic E-state index is -0.123. The van der Waals surface area contributed by atoms with Crippen molar-refractivity contribution in [1.29, 1.82) is 0 Å². The lowest BCUT2D eigenvalue weighted by Gasteiger charge is -2.33. The van der Waals surface area contributed by atoms with Crippen molar-refractivity contribution < 1.29 is 9.53 Å². The van der Waals surface area contributed by atoms with E-state index < -0.39 is 0 Å². The van der Waals surface area contributed by atoms with Gasteiger partial charge in [0.05, 0.1) is 31.5 Å². The van der Waals surface area contributed by atoms with Crippen LogP contribution in [-0.4, -0.2) is 53.9 Å². The van der Waals surface area contributed by atoms with Crippen LogP contribution in [0.25, 0.3) is 0 Å². The van der Waals surface area contributed by atoms with E-state index in [0.29, 0.717) is 19.5 Å². The first-order valence-electron chi connectivity index (χ1n) is 10.1. The van der Waals surface area contributed by atoms with Gasteiger partial charge in [-0.3, -0.25) is 9.59 Å². The van der Waals surface area contributed by atoms with Crippen LogP contribution in [0.2, 0.25) is 0 Å². The first-order chi connectivity index (χ1) is 13.9. The summed E-state index contributed by atoms with van der Waals surface area (Å²) in [7, 11) is 3.57. The van der Waals surface area contributed by atoms with Gasteiger partial charge in [-0.05, 0) is 44.4 Å². The van der Waals surface area contributed by atoms with E-state index in [1.807, 2.05) is 41.1 Å². The van der Waals surface area contributed by atoms with Crippen LogP contribution in [0.4, 0.5) is 5.69 Å². The number of hydrogen-bond acceptors (Lipinski definition) is 5. The SMILES string of the molecule is COc1cccc(CC(=O)N2CCCC(n3ncc(N(C)C(C)C)cc3=O)C2)c1. The molecule has 0 N–H and O–H groups in total. The molecule has 2 heterocycles. The molecule has 7 heteroatoms. The van der Waals surface area contributed by atoms with Gasteiger partial charge in [-0.2, -0.15) is 5.10 Å². The van der Waals surface area contributed by atoms with Gasteiger partial charge in [-0.25, -0.2) is 4.68 Å². The van der Waals surface area contributed by atoms with Crippen molar-refractivity contribution >= 4 is 11.6 Å². The number of ether oxygens (including phenoxy) is 1. The highest BCUT2D eigenvalue weighted by atomic mass is 16.5. The number of carbonyl (C=O) groups is 1. The molecule has 1 fully saturated rings. The summed E-state index contributed by atoms with van der Waals surface area (Å²) in [6.07, 6.45) is 3.76. The molecule has 156 valence electrons. The van der Waals surface area contributed by atoms with Crippen LogP contribution >= 0.6 is 0 Å². The lowest BCUT2D eigenvalue weighted by atomic mass is 10.0. The Morgan fingerprint density at radius 3 is 2.83 bits per heavy atom. The first kappa shape index (κ1) is 20.9. The van der Waals surface area contributed by atoms with Crippen LogP contribution in [0, 0.1) is 0 Å². The van der Waals surface area contributed by atoms with Crippen molar-refractivity contribution in [2.45, 2.75) is 45.2 Å². The van der Waals surface area contributed by atoms with Gasteiger partial charge in [0.15, 0.2) is 0 Å². The second-order valence-corrected chi connectivity index (χ2v) is 7.87. The highest BCUT2D eigenvalue weighted by Crippen LogP contribution is 2.22. The Morgan fingerprint density at radius 1 is 1.34 bits per heavy atom. The smallest absolute Gasteiger partial charge is 0.269 e. The van der Waals surface area contributed by atoms with E-state index in [-0.39, 0.29) is 23.6 Å². The molecule has 0 saturated carbocycles. The van der Waals surface area contributed by atoms with E-state index in [1.54, 1.807) is 19.4 Å². The van der Waals surface area contributed by atoms with Gasteiger partial charge in [0, 0.05) is 32.2 Å². The summed E-state index contributed by atoms with van der Waals surface area (Å²) < 4.78 is 6.77. The molecule has 0 bridgehead atoms. The molecule has 7 nitrogen and oxygen atoms in total. The lowest BCUT2D eigenvalue weighted by molar-refractivity contribution is -0.132. The third kappa shape index (κ3) is 4.96. The molecule has 1 amide bonds. The Balaban J connectivity index is 1.70. The van der Waals surface area contributed by atoms with Crippen molar-refractivity contribution in [3.05, 3.63) is 52.4 Å². The molecule has 2 aromatic rings. The van der Waals surface area contributed by atoms with Crippen LogP contribution in [0.1, 0.15) is 38.3 Å². The van der Waals surface area contributed by atoms with E-state index in [4.69, 9.17) is 4.74 Å². The van der Waals surface area contributed by atoms with Gasteiger partial charge in [0.2, 0.25) is 5.91 Å². The number of likely N-dealkylation sites (tertiary alicyclic amines) is 1. The van der Waals surface area contributed by atoms with E-state index in [9.17, 15) is 9.59 Å². The van der Waals surface area contributed by atoms with Gasteiger partial charge >= 0.3 is 0 Å². The number of hydrogen-bond donors (Lipinski definition) is 0. The van der Waals surface area contributed by atoms with E-state index in [2.05, 4.69) is 18.9 Å². The number of nitrogens with zero attached hydrogens (tertiary/aromatic N) is 4. The zero-order valence-corrected chi connectivity index (χ0v) is 17.7. The molecule has 3 rings (SSSR count). The minimum Gasteiger partial charge on any atom is -0.497 e. The monoisotopic (exact) mass is 398 g/mol. The summed E-state index contributed by atoms with van der Waals surface area (Å²) in [4.78, 5) is 29.3. The van der Waals surface area contributed by atoms with Gasteiger partial charge in [-0.1, -0.05) is 12.1 Å². The van der Waals surface area contributed by atoms with Gasteiger partial charge in [0.25, 0.3) is 5.56 Å². The number of piperidine rings is 1. The molecule has 0 radical (unpaired) electrons. The average Bonchev–Trinajstić information content (AvgIpc) is 2.73. The fraction of sp³-hybridized carbons (Fsp3) is 0.500. The number of amides is 1. The zero-order valence-electron chi connectivity index (χ0n) is 17.7. The summed E-state index contributed by atoms with van der Waals surface area (Å²) in [6, 6.07) is 9.38. The maximum atomic E-state index is 12.8. The number of aromatic nitrogens is 2. The molecule has 1 aliphatic rings. The highest BCUT2D eigenvalue weighted by molar-refractivity contribution is 5.79. The molecule has 1 saturated heterocycles. The molecule has 0 spiro atoms. The van der Waals surface area contributed by atoms with Crippen molar-refractivity contribution in [2.24, 2.45) is 0 Å². The number of carbonyl (C=O) groups excluding carboxylic acids is 1. The molecular weight excluding hydrogens is 368 g/mol. The summed E-state index contributed by atoms with van der Waals surface area (Å²) in [5.74, 6) is 0.807. The van der Waals surface area contributed by atoms with E-state index in [0.717, 1.165) is 29.8 Å². The molecule has 1 aromatic carbocycles. The predicted molar refractivity (Wildman–Crippen MR) is 114 cm³/mol. The average molecular weight is 399 g/mol. The molecule has 29 heavy (non-hydrogen) atoms. The second-order valence-electron chi connectivity index (χ2n) is 7.87. The number of benzene rings is 1. The largest absolute Gasteiger partial charge is 0.497 e. The van der Waals surface area contributed by atoms with Crippen LogP contribution in [0.15, 0.2) is 41.3 Å². The molecular formula is C22H30N4O3. The van der Waals surface area contributed by atoms with Crippen molar-refractivity contribution in [3.8, 4) is 5.75 Å². The summed E-state index contributed by atoms with van der Waals surface area (Å²) in [5.41, 5.74) is 1.61. The Morgan fingerprint density at radius 2 is 2.14 bits per heavy atom. The number of methoxy groups -OCH3 is 1. The lowest BCUT2D eigenvalue weighted by Crippen LogP contribution is -2.44. The zero-order chi connectivity index (χ0) is 21.0. The highest BCUT2D eigenvalue weighted by Gasteiger charge is 2.26. The molecule has 1 aliphatic heterocycles. The molecule has 1 aromatic heterocycles. The number of rotatable bonds is 6. The predicted octanol–water partition coefficient (Wildman–Crippen LogP) is 2.50. The van der Waals surface area contributed by atoms with Gasteiger partial charge in [-0.15, -0.1) is 0 Å². The Kier molecular flexibility index (Phi) is 6.56. The summed E-state index contributed by atoms with van der Waals surface area (Å²) in [6.45, 7) is 5.36. The molecule has 1 unspecified atom stereocenters. The maximum absolute atomic E-state index is 12.8. The van der Waals surface area contributed by atoms with Crippen LogP contribution in [0.3, 0.4) is 0 Å². The Labute approximate surface area is 171 Å². The van der Waals surface area contributed by atoms with Crippen LogP contribution in [-0.2, 0) is 11.2 Å². The van der Waals surface area contributed by atoms with Crippen LogP contribution < -0.4 is 15.2 Å². The summed E-state index contributed by atoms with van der Waals surface area (Å²) in [5, 5.41) is 4.41. The molecule has 1 atom stereocenters. The van der Waals surface area contributed by atoms with E-state index >= 15 is 0 Å². The maximum Gasteiger partial charge on any atom is 0.269 e. The van der Waals surface area contributed by atoms with Crippen molar-refractivity contribution in [1.82, 2.24) is 14.7 Å². The second kappa shape index (κ2) is 9.11. The van der Waals surface area contributed by atoms with Crippen molar-refractivity contribution in [3.63, 3.8) is 0 Å². The molecule has 0 aliphatic carbocycles. The van der Waals surface area contributed by atoms with Gasteiger partial charge < -0.3 is 14.5 Å². The van der Waals surface area contributed by atoms with Crippen molar-refractivity contribution in [2.75, 3.05) is 32.1 Å². The first-order valence-corrected chi connectivity index (χ1v) is 10.1. The Hall–Kier alpha value is -2.83. The third-order valence-corrected chi connectivity index (χ3v) is 5.58. The van der Waals surface area contributed by atoms with E-state index in [1.165, 1.54) is 4.68 Å². The van der Waals surface area contributed by atoms with Gasteiger partial charge in [0.1, 0.15) is 5.75 Å². The Bertz CT molecular complexity index is 909. The van der Waals surface area contributed by atoms with Crippen LogP contribution in [0.5, 0.6) is 5.75 Å². The third-order valence-electron chi connectivity index (χ3n) is 5.58. The fourth-order valence-corrected chi connectivity index (χ4v) is 3.62. The standard InChI is InChI=1S/C22H30N4O3/c1-16(2)24(3)19-13-22(28)26(23-14-19)18-8-6-10-25(15-18)21(27)12-17-7-5-9-20(11-17)29-4/h5,7,9,11,13-14,16,18H,6,8,10,12,15H2,1-4H3. The minimum absolute atomic E-state index is 0.0622. The normalized spacial score (nSPS) is 16.7.